The van der Waals surface area contributed by atoms with E-state index < -0.39 is 0 Å². The lowest BCUT2D eigenvalue weighted by Crippen LogP contribution is -2.55. The molecule has 1 saturated heterocycles. The second-order valence-electron chi connectivity index (χ2n) is 6.88. The molecule has 2 nitrogen and oxygen atoms in total. The second kappa shape index (κ2) is 6.38. The van der Waals surface area contributed by atoms with Crippen LogP contribution in [0.3, 0.4) is 0 Å². The fraction of sp³-hybridized carbons (Fsp3) is 1.00. The van der Waals surface area contributed by atoms with E-state index in [4.69, 9.17) is 0 Å². The van der Waals surface area contributed by atoms with Crippen LogP contribution in [0.2, 0.25) is 0 Å². The van der Waals surface area contributed by atoms with Gasteiger partial charge in [0.15, 0.2) is 0 Å². The summed E-state index contributed by atoms with van der Waals surface area (Å²) < 4.78 is 0. The molecular formula is C16H32N2. The van der Waals surface area contributed by atoms with Crippen molar-refractivity contribution in [1.82, 2.24) is 10.2 Å². The van der Waals surface area contributed by atoms with Gasteiger partial charge in [-0.15, -0.1) is 0 Å². The van der Waals surface area contributed by atoms with Crippen LogP contribution in [-0.2, 0) is 0 Å². The van der Waals surface area contributed by atoms with Crippen LogP contribution in [0.25, 0.3) is 0 Å². The Morgan fingerprint density at radius 2 is 1.83 bits per heavy atom. The molecule has 106 valence electrons. The smallest absolute Gasteiger partial charge is 0.0198 e. The number of nitrogens with zero attached hydrogens (tertiary/aromatic N) is 1. The first-order valence-corrected chi connectivity index (χ1v) is 8.09. The van der Waals surface area contributed by atoms with Gasteiger partial charge in [0, 0.05) is 25.2 Å². The van der Waals surface area contributed by atoms with Crippen LogP contribution < -0.4 is 5.32 Å². The lowest BCUT2D eigenvalue weighted by Gasteiger charge is -2.46. The summed E-state index contributed by atoms with van der Waals surface area (Å²) in [5.41, 5.74) is 0. The molecule has 0 aromatic heterocycles. The number of piperidine rings is 1. The summed E-state index contributed by atoms with van der Waals surface area (Å²) in [5.74, 6) is 2.69. The molecule has 1 heterocycles. The van der Waals surface area contributed by atoms with Crippen LogP contribution in [0.1, 0.15) is 53.4 Å². The summed E-state index contributed by atoms with van der Waals surface area (Å²) in [6, 6.07) is 1.53. The molecule has 0 amide bonds. The van der Waals surface area contributed by atoms with Crippen LogP contribution in [-0.4, -0.2) is 36.6 Å². The van der Waals surface area contributed by atoms with E-state index in [9.17, 15) is 0 Å². The molecular weight excluding hydrogens is 220 g/mol. The van der Waals surface area contributed by atoms with Crippen molar-refractivity contribution in [3.05, 3.63) is 0 Å². The molecule has 1 aliphatic carbocycles. The summed E-state index contributed by atoms with van der Waals surface area (Å²) in [4.78, 5) is 2.78. The van der Waals surface area contributed by atoms with Crippen molar-refractivity contribution in [1.29, 1.82) is 0 Å². The SMILES string of the molecule is CCNC1CC(C(C)C)CN(C(C)C2CCC2)C1. The first kappa shape index (κ1) is 14.3. The highest BCUT2D eigenvalue weighted by molar-refractivity contribution is 4.90. The fourth-order valence-corrected chi connectivity index (χ4v) is 3.65. The molecule has 2 heteroatoms. The van der Waals surface area contributed by atoms with Gasteiger partial charge in [0.2, 0.25) is 0 Å². The van der Waals surface area contributed by atoms with E-state index in [1.165, 1.54) is 38.8 Å². The second-order valence-corrected chi connectivity index (χ2v) is 6.88. The van der Waals surface area contributed by atoms with Gasteiger partial charge in [-0.1, -0.05) is 27.2 Å². The zero-order valence-electron chi connectivity index (χ0n) is 12.8. The molecule has 2 fully saturated rings. The van der Waals surface area contributed by atoms with E-state index in [1.54, 1.807) is 0 Å². The summed E-state index contributed by atoms with van der Waals surface area (Å²) >= 11 is 0. The average molecular weight is 252 g/mol. The molecule has 3 unspecified atom stereocenters. The Morgan fingerprint density at radius 1 is 1.11 bits per heavy atom. The highest BCUT2D eigenvalue weighted by atomic mass is 15.2. The van der Waals surface area contributed by atoms with Crippen molar-refractivity contribution in [2.45, 2.75) is 65.5 Å². The summed E-state index contributed by atoms with van der Waals surface area (Å²) in [7, 11) is 0. The number of nitrogens with one attached hydrogen (secondary N) is 1. The summed E-state index contributed by atoms with van der Waals surface area (Å²) in [6.45, 7) is 13.2. The van der Waals surface area contributed by atoms with Crippen molar-refractivity contribution >= 4 is 0 Å². The topological polar surface area (TPSA) is 15.3 Å². The Hall–Kier alpha value is -0.0800. The zero-order valence-corrected chi connectivity index (χ0v) is 12.8. The minimum atomic E-state index is 0.721. The van der Waals surface area contributed by atoms with Gasteiger partial charge in [-0.3, -0.25) is 4.90 Å². The number of hydrogen-bond acceptors (Lipinski definition) is 2. The third kappa shape index (κ3) is 3.27. The molecule has 1 aliphatic heterocycles. The first-order chi connectivity index (χ1) is 8.61. The monoisotopic (exact) mass is 252 g/mol. The minimum absolute atomic E-state index is 0.721. The van der Waals surface area contributed by atoms with Crippen molar-refractivity contribution in [3.8, 4) is 0 Å². The maximum Gasteiger partial charge on any atom is 0.0198 e. The van der Waals surface area contributed by atoms with Gasteiger partial charge < -0.3 is 5.32 Å². The van der Waals surface area contributed by atoms with Crippen molar-refractivity contribution in [3.63, 3.8) is 0 Å². The molecule has 0 bridgehead atoms. The Labute approximate surface area is 114 Å². The Morgan fingerprint density at radius 3 is 2.33 bits per heavy atom. The maximum absolute atomic E-state index is 3.69. The van der Waals surface area contributed by atoms with Gasteiger partial charge in [0.25, 0.3) is 0 Å². The molecule has 18 heavy (non-hydrogen) atoms. The van der Waals surface area contributed by atoms with E-state index in [2.05, 4.69) is 37.9 Å². The standard InChI is InChI=1S/C16H32N2/c1-5-17-16-9-15(12(2)3)10-18(11-16)13(4)14-7-6-8-14/h12-17H,5-11H2,1-4H3. The molecule has 0 aromatic carbocycles. The molecule has 1 saturated carbocycles. The lowest BCUT2D eigenvalue weighted by atomic mass is 9.77. The number of rotatable bonds is 5. The molecule has 3 atom stereocenters. The number of likely N-dealkylation sites (N-methyl/N-ethyl adjacent to an activating group) is 1. The molecule has 2 rings (SSSR count). The minimum Gasteiger partial charge on any atom is -0.313 e. The molecule has 1 N–H and O–H groups in total. The van der Waals surface area contributed by atoms with E-state index in [0.29, 0.717) is 0 Å². The van der Waals surface area contributed by atoms with Crippen LogP contribution in [0.5, 0.6) is 0 Å². The van der Waals surface area contributed by atoms with Crippen molar-refractivity contribution in [2.24, 2.45) is 17.8 Å². The van der Waals surface area contributed by atoms with Crippen LogP contribution in [0.15, 0.2) is 0 Å². The first-order valence-electron chi connectivity index (χ1n) is 8.09. The zero-order chi connectivity index (χ0) is 13.1. The molecule has 0 aromatic rings. The number of hydrogen-bond donors (Lipinski definition) is 1. The van der Waals surface area contributed by atoms with Gasteiger partial charge in [-0.25, -0.2) is 0 Å². The van der Waals surface area contributed by atoms with Crippen LogP contribution in [0, 0.1) is 17.8 Å². The largest absolute Gasteiger partial charge is 0.313 e. The predicted molar refractivity (Wildman–Crippen MR) is 78.8 cm³/mol. The normalized spacial score (nSPS) is 32.5. The maximum atomic E-state index is 3.69. The van der Waals surface area contributed by atoms with Crippen molar-refractivity contribution < 1.29 is 0 Å². The number of likely N-dealkylation sites (tertiary alicyclic amines) is 1. The van der Waals surface area contributed by atoms with Gasteiger partial charge in [-0.05, 0) is 50.5 Å². The lowest BCUT2D eigenvalue weighted by molar-refractivity contribution is 0.0402. The average Bonchev–Trinajstić information content (AvgIpc) is 2.26. The van der Waals surface area contributed by atoms with Gasteiger partial charge in [0.05, 0.1) is 0 Å². The highest BCUT2D eigenvalue weighted by Gasteiger charge is 2.35. The Bertz CT molecular complexity index is 247. The van der Waals surface area contributed by atoms with E-state index >= 15 is 0 Å². The quantitative estimate of drug-likeness (QED) is 0.809. The van der Waals surface area contributed by atoms with Gasteiger partial charge >= 0.3 is 0 Å². The highest BCUT2D eigenvalue weighted by Crippen LogP contribution is 2.34. The molecule has 0 spiro atoms. The Kier molecular flexibility index (Phi) is 5.08. The van der Waals surface area contributed by atoms with Crippen LogP contribution >= 0.6 is 0 Å². The van der Waals surface area contributed by atoms with E-state index in [0.717, 1.165) is 36.4 Å². The molecule has 0 radical (unpaired) electrons. The Balaban J connectivity index is 1.95. The summed E-state index contributed by atoms with van der Waals surface area (Å²) in [5, 5.41) is 3.69. The van der Waals surface area contributed by atoms with Crippen molar-refractivity contribution in [2.75, 3.05) is 19.6 Å². The fourth-order valence-electron chi connectivity index (χ4n) is 3.65. The van der Waals surface area contributed by atoms with E-state index in [-0.39, 0.29) is 0 Å². The van der Waals surface area contributed by atoms with Gasteiger partial charge in [0.1, 0.15) is 0 Å². The third-order valence-electron chi connectivity index (χ3n) is 5.35. The van der Waals surface area contributed by atoms with E-state index in [1.807, 2.05) is 0 Å². The van der Waals surface area contributed by atoms with Crippen LogP contribution in [0.4, 0.5) is 0 Å². The summed E-state index contributed by atoms with van der Waals surface area (Å²) in [6.07, 6.45) is 5.78. The predicted octanol–water partition coefficient (Wildman–Crippen LogP) is 3.13. The molecule has 2 aliphatic rings. The third-order valence-corrected chi connectivity index (χ3v) is 5.35. The van der Waals surface area contributed by atoms with Gasteiger partial charge in [-0.2, -0.15) is 0 Å².